The quantitative estimate of drug-likeness (QED) is 0.385. The zero-order chi connectivity index (χ0) is 11.4. The molecular weight excluding hydrogens is 235 g/mol. The van der Waals surface area contributed by atoms with Crippen LogP contribution in [0.3, 0.4) is 0 Å². The smallest absolute Gasteiger partial charge is 0.172 e. The second-order valence-electron chi connectivity index (χ2n) is 2.87. The van der Waals surface area contributed by atoms with Crippen LogP contribution >= 0.6 is 23.2 Å². The lowest BCUT2D eigenvalue weighted by atomic mass is 10.2. The molecule has 3 nitrogen and oxygen atoms in total. The fraction of sp³-hybridized carbons (Fsp3) is 0.100. The fourth-order valence-corrected chi connectivity index (χ4v) is 1.28. The van der Waals surface area contributed by atoms with Crippen LogP contribution in [-0.2, 0) is 4.84 Å². The van der Waals surface area contributed by atoms with E-state index in [1.165, 1.54) is 0 Å². The Morgan fingerprint density at radius 1 is 1.47 bits per heavy atom. The average molecular weight is 245 g/mol. The number of benzene rings is 1. The van der Waals surface area contributed by atoms with E-state index >= 15 is 0 Å². The maximum absolute atomic E-state index is 5.93. The molecule has 0 atom stereocenters. The van der Waals surface area contributed by atoms with Gasteiger partial charge in [0, 0.05) is 5.56 Å². The highest BCUT2D eigenvalue weighted by Crippen LogP contribution is 2.25. The summed E-state index contributed by atoms with van der Waals surface area (Å²) in [4.78, 5) is 4.82. The Labute approximate surface area is 98.1 Å². The van der Waals surface area contributed by atoms with Gasteiger partial charge in [-0.1, -0.05) is 41.0 Å². The van der Waals surface area contributed by atoms with Crippen molar-refractivity contribution in [3.63, 3.8) is 0 Å². The van der Waals surface area contributed by atoms with Crippen LogP contribution in [0.25, 0.3) is 0 Å². The molecule has 0 saturated carbocycles. The van der Waals surface area contributed by atoms with Gasteiger partial charge < -0.3 is 10.6 Å². The lowest BCUT2D eigenvalue weighted by molar-refractivity contribution is 0.231. The average Bonchev–Trinajstić information content (AvgIpc) is 2.18. The van der Waals surface area contributed by atoms with E-state index in [1.807, 2.05) is 0 Å². The highest BCUT2D eigenvalue weighted by molar-refractivity contribution is 6.43. The van der Waals surface area contributed by atoms with E-state index in [0.717, 1.165) is 0 Å². The van der Waals surface area contributed by atoms with Gasteiger partial charge in [0.15, 0.2) is 5.84 Å². The molecule has 80 valence electrons. The Morgan fingerprint density at radius 2 is 2.13 bits per heavy atom. The summed E-state index contributed by atoms with van der Waals surface area (Å²) in [5.41, 5.74) is 6.19. The van der Waals surface area contributed by atoms with E-state index in [4.69, 9.17) is 33.8 Å². The van der Waals surface area contributed by atoms with Gasteiger partial charge in [-0.3, -0.25) is 0 Å². The molecule has 0 bridgehead atoms. The van der Waals surface area contributed by atoms with Crippen LogP contribution in [0.4, 0.5) is 0 Å². The summed E-state index contributed by atoms with van der Waals surface area (Å²) < 4.78 is 0. The summed E-state index contributed by atoms with van der Waals surface area (Å²) in [6.07, 6.45) is 0. The van der Waals surface area contributed by atoms with Crippen LogP contribution in [0.15, 0.2) is 35.7 Å². The molecule has 0 radical (unpaired) electrons. The van der Waals surface area contributed by atoms with Gasteiger partial charge in [-0.05, 0) is 19.1 Å². The third kappa shape index (κ3) is 3.15. The normalized spacial score (nSPS) is 11.3. The number of hydrogen-bond donors (Lipinski definition) is 1. The Balaban J connectivity index is 3.00. The van der Waals surface area contributed by atoms with E-state index in [0.29, 0.717) is 21.4 Å². The van der Waals surface area contributed by atoms with Crippen molar-refractivity contribution in [3.05, 3.63) is 46.1 Å². The Hall–Kier alpha value is -1.19. The topological polar surface area (TPSA) is 47.6 Å². The van der Waals surface area contributed by atoms with Gasteiger partial charge in [0.2, 0.25) is 0 Å². The molecule has 0 spiro atoms. The van der Waals surface area contributed by atoms with Crippen molar-refractivity contribution in [3.8, 4) is 0 Å². The molecular formula is C10H10Cl2N2O. The van der Waals surface area contributed by atoms with Crippen molar-refractivity contribution < 1.29 is 4.84 Å². The second kappa shape index (κ2) is 5.05. The molecule has 1 aromatic rings. The van der Waals surface area contributed by atoms with Crippen LogP contribution in [0.1, 0.15) is 12.5 Å². The van der Waals surface area contributed by atoms with Crippen molar-refractivity contribution in [2.45, 2.75) is 6.92 Å². The number of nitrogens with zero attached hydrogens (tertiary/aromatic N) is 1. The number of oxime groups is 1. The molecule has 0 aliphatic rings. The minimum absolute atomic E-state index is 0.158. The first kappa shape index (κ1) is 11.9. The molecule has 0 heterocycles. The first-order valence-corrected chi connectivity index (χ1v) is 4.88. The minimum atomic E-state index is 0.158. The lowest BCUT2D eigenvalue weighted by Crippen LogP contribution is -2.14. The zero-order valence-corrected chi connectivity index (χ0v) is 9.64. The highest BCUT2D eigenvalue weighted by Gasteiger charge is 2.08. The van der Waals surface area contributed by atoms with Crippen molar-refractivity contribution >= 4 is 29.0 Å². The summed E-state index contributed by atoms with van der Waals surface area (Å²) >= 11 is 11.8. The number of hydrogen-bond acceptors (Lipinski definition) is 2. The lowest BCUT2D eigenvalue weighted by Gasteiger charge is -2.04. The molecule has 0 aliphatic carbocycles. The first-order valence-electron chi connectivity index (χ1n) is 4.12. The zero-order valence-electron chi connectivity index (χ0n) is 8.13. The predicted molar refractivity (Wildman–Crippen MR) is 63.1 cm³/mol. The fourth-order valence-electron chi connectivity index (χ4n) is 0.878. The van der Waals surface area contributed by atoms with Gasteiger partial charge in [-0.25, -0.2) is 0 Å². The van der Waals surface area contributed by atoms with Crippen LogP contribution in [0, 0.1) is 0 Å². The molecule has 0 unspecified atom stereocenters. The minimum Gasteiger partial charge on any atom is -0.380 e. The standard InChI is InChI=1S/C10H10Cl2N2O/c1-6(2)15-14-10(13)7-4-3-5-8(11)9(7)12/h3-5H,1H2,2H3,(H2,13,14). The highest BCUT2D eigenvalue weighted by atomic mass is 35.5. The summed E-state index contributed by atoms with van der Waals surface area (Å²) in [6.45, 7) is 5.18. The second-order valence-corrected chi connectivity index (χ2v) is 3.66. The van der Waals surface area contributed by atoms with Crippen molar-refractivity contribution in [2.24, 2.45) is 10.9 Å². The summed E-state index contributed by atoms with van der Waals surface area (Å²) in [5.74, 6) is 0.599. The molecule has 0 fully saturated rings. The van der Waals surface area contributed by atoms with Gasteiger partial charge in [0.25, 0.3) is 0 Å². The molecule has 5 heteroatoms. The molecule has 1 aromatic carbocycles. The predicted octanol–water partition coefficient (Wildman–Crippen LogP) is 3.16. The summed E-state index contributed by atoms with van der Waals surface area (Å²) in [6, 6.07) is 5.10. The summed E-state index contributed by atoms with van der Waals surface area (Å²) in [7, 11) is 0. The van der Waals surface area contributed by atoms with Gasteiger partial charge in [-0.15, -0.1) is 0 Å². The van der Waals surface area contributed by atoms with Crippen LogP contribution in [-0.4, -0.2) is 5.84 Å². The van der Waals surface area contributed by atoms with E-state index in [2.05, 4.69) is 11.7 Å². The van der Waals surface area contributed by atoms with E-state index in [1.54, 1.807) is 25.1 Å². The van der Waals surface area contributed by atoms with Crippen molar-refractivity contribution in [1.82, 2.24) is 0 Å². The molecule has 0 aromatic heterocycles. The van der Waals surface area contributed by atoms with Crippen LogP contribution < -0.4 is 5.73 Å². The molecule has 15 heavy (non-hydrogen) atoms. The maximum atomic E-state index is 5.93. The van der Waals surface area contributed by atoms with E-state index in [-0.39, 0.29) is 5.84 Å². The number of nitrogens with two attached hydrogens (primary N) is 1. The number of halogens is 2. The Kier molecular flexibility index (Phi) is 4.00. The third-order valence-corrected chi connectivity index (χ3v) is 2.35. The van der Waals surface area contributed by atoms with Crippen LogP contribution in [0.2, 0.25) is 10.0 Å². The monoisotopic (exact) mass is 244 g/mol. The maximum Gasteiger partial charge on any atom is 0.172 e. The van der Waals surface area contributed by atoms with Crippen LogP contribution in [0.5, 0.6) is 0 Å². The van der Waals surface area contributed by atoms with Gasteiger partial charge in [0.05, 0.1) is 10.0 Å². The number of allylic oxidation sites excluding steroid dienone is 1. The molecule has 0 amide bonds. The summed E-state index contributed by atoms with van der Waals surface area (Å²) in [5, 5.41) is 4.42. The SMILES string of the molecule is C=C(C)O/N=C(\N)c1cccc(Cl)c1Cl. The van der Waals surface area contributed by atoms with Crippen molar-refractivity contribution in [2.75, 3.05) is 0 Å². The Bertz CT molecular complexity index is 416. The van der Waals surface area contributed by atoms with Gasteiger partial charge >= 0.3 is 0 Å². The van der Waals surface area contributed by atoms with Gasteiger partial charge in [-0.2, -0.15) is 0 Å². The largest absolute Gasteiger partial charge is 0.380 e. The number of amidine groups is 1. The molecule has 1 rings (SSSR count). The molecule has 0 aliphatic heterocycles. The molecule has 2 N–H and O–H groups in total. The van der Waals surface area contributed by atoms with E-state index < -0.39 is 0 Å². The third-order valence-electron chi connectivity index (χ3n) is 1.53. The van der Waals surface area contributed by atoms with E-state index in [9.17, 15) is 0 Å². The number of rotatable bonds is 3. The molecule has 0 saturated heterocycles. The van der Waals surface area contributed by atoms with Crippen molar-refractivity contribution in [1.29, 1.82) is 0 Å². The first-order chi connectivity index (χ1) is 7.02. The Morgan fingerprint density at radius 3 is 2.73 bits per heavy atom. The van der Waals surface area contributed by atoms with Gasteiger partial charge in [0.1, 0.15) is 5.76 Å².